The van der Waals surface area contributed by atoms with E-state index in [1.807, 2.05) is 43.3 Å². The average molecular weight is 394 g/mol. The van der Waals surface area contributed by atoms with Gasteiger partial charge in [0.05, 0.1) is 31.5 Å². The Bertz CT molecular complexity index is 703. The van der Waals surface area contributed by atoms with E-state index in [2.05, 4.69) is 21.1 Å². The van der Waals surface area contributed by atoms with Gasteiger partial charge in [0, 0.05) is 5.56 Å². The predicted molar refractivity (Wildman–Crippen MR) is 97.2 cm³/mol. The second-order valence-electron chi connectivity index (χ2n) is 4.82. The number of methoxy groups -OCH3 is 2. The molecule has 0 heterocycles. The topological polar surface area (TPSA) is 49.3 Å². The molecule has 5 nitrogen and oxygen atoms in total. The van der Waals surface area contributed by atoms with Crippen LogP contribution in [0.3, 0.4) is 0 Å². The zero-order valence-electron chi connectivity index (χ0n) is 13.9. The summed E-state index contributed by atoms with van der Waals surface area (Å²) in [4.78, 5) is 5.34. The monoisotopic (exact) mass is 393 g/mol. The molecule has 2 aromatic carbocycles. The Labute approximate surface area is 150 Å². The maximum absolute atomic E-state index is 5.48. The van der Waals surface area contributed by atoms with Crippen molar-refractivity contribution >= 4 is 22.1 Å². The summed E-state index contributed by atoms with van der Waals surface area (Å²) in [6.45, 7) is 2.89. The van der Waals surface area contributed by atoms with Gasteiger partial charge < -0.3 is 19.0 Å². The van der Waals surface area contributed by atoms with Crippen LogP contribution in [0.2, 0.25) is 0 Å². The highest BCUT2D eigenvalue weighted by Crippen LogP contribution is 2.28. The van der Waals surface area contributed by atoms with E-state index >= 15 is 0 Å². The van der Waals surface area contributed by atoms with Crippen LogP contribution in [0.25, 0.3) is 0 Å². The Morgan fingerprint density at radius 1 is 1.00 bits per heavy atom. The molecule has 0 amide bonds. The Balaban J connectivity index is 1.95. The number of ether oxygens (including phenoxy) is 3. The molecule has 0 fully saturated rings. The molecule has 0 aliphatic heterocycles. The first-order valence-corrected chi connectivity index (χ1v) is 8.25. The molecule has 2 aromatic rings. The molecule has 0 atom stereocenters. The van der Waals surface area contributed by atoms with Gasteiger partial charge in [0.1, 0.15) is 12.4 Å². The van der Waals surface area contributed by atoms with E-state index < -0.39 is 0 Å². The largest absolute Gasteiger partial charge is 0.496 e. The van der Waals surface area contributed by atoms with Crippen LogP contribution in [0.15, 0.2) is 46.0 Å². The molecule has 0 bridgehead atoms. The minimum atomic E-state index is 0.368. The van der Waals surface area contributed by atoms with Gasteiger partial charge in [-0.1, -0.05) is 11.2 Å². The predicted octanol–water partition coefficient (Wildman–Crippen LogP) is 4.42. The Kier molecular flexibility index (Phi) is 6.93. The lowest BCUT2D eigenvalue weighted by molar-refractivity contribution is 0.132. The van der Waals surface area contributed by atoms with Crippen molar-refractivity contribution in [3.8, 4) is 17.2 Å². The molecular formula is C18H20BrNO4. The lowest BCUT2D eigenvalue weighted by atomic mass is 10.2. The third kappa shape index (κ3) is 4.89. The van der Waals surface area contributed by atoms with Crippen LogP contribution in [0.1, 0.15) is 18.1 Å². The van der Waals surface area contributed by atoms with E-state index in [0.29, 0.717) is 24.7 Å². The van der Waals surface area contributed by atoms with Crippen molar-refractivity contribution < 1.29 is 19.0 Å². The van der Waals surface area contributed by atoms with Crippen LogP contribution in [0.5, 0.6) is 17.2 Å². The molecule has 0 saturated heterocycles. The molecular weight excluding hydrogens is 374 g/mol. The van der Waals surface area contributed by atoms with Gasteiger partial charge in [0.15, 0.2) is 11.5 Å². The number of nitrogens with zero attached hydrogens (tertiary/aromatic N) is 1. The quantitative estimate of drug-likeness (QED) is 0.492. The number of hydrogen-bond donors (Lipinski definition) is 0. The first kappa shape index (κ1) is 18.1. The number of hydrogen-bond acceptors (Lipinski definition) is 5. The average Bonchev–Trinajstić information content (AvgIpc) is 2.60. The fraction of sp³-hybridized carbons (Fsp3) is 0.278. The van der Waals surface area contributed by atoms with Crippen LogP contribution in [0.4, 0.5) is 0 Å². The molecule has 24 heavy (non-hydrogen) atoms. The van der Waals surface area contributed by atoms with E-state index in [0.717, 1.165) is 21.3 Å². The number of rotatable bonds is 8. The Hall–Kier alpha value is -2.21. The second kappa shape index (κ2) is 9.17. The first-order chi connectivity index (χ1) is 11.7. The highest BCUT2D eigenvalue weighted by Gasteiger charge is 2.04. The molecule has 0 aromatic heterocycles. The van der Waals surface area contributed by atoms with E-state index in [1.165, 1.54) is 0 Å². The molecule has 0 N–H and O–H groups in total. The Morgan fingerprint density at radius 3 is 2.42 bits per heavy atom. The third-order valence-electron chi connectivity index (χ3n) is 3.21. The van der Waals surface area contributed by atoms with Gasteiger partial charge in [0.2, 0.25) is 0 Å². The summed E-state index contributed by atoms with van der Waals surface area (Å²) < 4.78 is 16.9. The summed E-state index contributed by atoms with van der Waals surface area (Å²) in [5.74, 6) is 2.16. The summed E-state index contributed by atoms with van der Waals surface area (Å²) in [5.41, 5.74) is 1.86. The minimum Gasteiger partial charge on any atom is -0.496 e. The summed E-state index contributed by atoms with van der Waals surface area (Å²) in [7, 11) is 3.24. The van der Waals surface area contributed by atoms with Crippen LogP contribution in [-0.2, 0) is 11.4 Å². The number of halogens is 1. The molecule has 2 rings (SSSR count). The number of benzene rings is 2. The van der Waals surface area contributed by atoms with Crippen molar-refractivity contribution in [1.29, 1.82) is 0 Å². The third-order valence-corrected chi connectivity index (χ3v) is 3.83. The van der Waals surface area contributed by atoms with E-state index in [1.54, 1.807) is 20.4 Å². The van der Waals surface area contributed by atoms with E-state index in [4.69, 9.17) is 19.0 Å². The van der Waals surface area contributed by atoms with E-state index in [9.17, 15) is 0 Å². The van der Waals surface area contributed by atoms with Crippen molar-refractivity contribution in [2.75, 3.05) is 20.8 Å². The zero-order valence-corrected chi connectivity index (χ0v) is 15.5. The lowest BCUT2D eigenvalue weighted by Gasteiger charge is -2.09. The molecule has 0 saturated carbocycles. The fourth-order valence-electron chi connectivity index (χ4n) is 2.05. The summed E-state index contributed by atoms with van der Waals surface area (Å²) in [6.07, 6.45) is 1.64. The van der Waals surface area contributed by atoms with Crippen LogP contribution >= 0.6 is 15.9 Å². The van der Waals surface area contributed by atoms with Gasteiger partial charge in [-0.3, -0.25) is 0 Å². The molecule has 0 aliphatic carbocycles. The fourth-order valence-corrected chi connectivity index (χ4v) is 2.64. The first-order valence-electron chi connectivity index (χ1n) is 7.46. The van der Waals surface area contributed by atoms with Gasteiger partial charge in [-0.15, -0.1) is 0 Å². The van der Waals surface area contributed by atoms with Gasteiger partial charge in [0.25, 0.3) is 0 Å². The molecule has 0 unspecified atom stereocenters. The maximum atomic E-state index is 5.48. The summed E-state index contributed by atoms with van der Waals surface area (Å²) >= 11 is 3.44. The van der Waals surface area contributed by atoms with Gasteiger partial charge >= 0.3 is 0 Å². The number of oxime groups is 1. The summed E-state index contributed by atoms with van der Waals surface area (Å²) in [5, 5.41) is 3.99. The van der Waals surface area contributed by atoms with Crippen LogP contribution in [0, 0.1) is 0 Å². The highest BCUT2D eigenvalue weighted by atomic mass is 79.9. The van der Waals surface area contributed by atoms with Crippen molar-refractivity contribution in [2.45, 2.75) is 13.5 Å². The molecule has 6 heteroatoms. The minimum absolute atomic E-state index is 0.368. The maximum Gasteiger partial charge on any atom is 0.161 e. The molecule has 128 valence electrons. The van der Waals surface area contributed by atoms with Gasteiger partial charge in [-0.2, -0.15) is 0 Å². The smallest absolute Gasteiger partial charge is 0.161 e. The van der Waals surface area contributed by atoms with E-state index in [-0.39, 0.29) is 0 Å². The molecule has 0 aliphatic rings. The van der Waals surface area contributed by atoms with Crippen molar-refractivity contribution in [2.24, 2.45) is 5.16 Å². The van der Waals surface area contributed by atoms with Crippen LogP contribution in [-0.4, -0.2) is 27.0 Å². The highest BCUT2D eigenvalue weighted by molar-refractivity contribution is 9.10. The van der Waals surface area contributed by atoms with Gasteiger partial charge in [-0.25, -0.2) is 0 Å². The summed E-state index contributed by atoms with van der Waals surface area (Å²) in [6, 6.07) is 11.3. The molecule has 0 radical (unpaired) electrons. The molecule has 0 spiro atoms. The standard InChI is InChI=1S/C18H20BrNO4/c1-4-23-17-8-5-13(10-18(17)22-3)11-20-24-12-14-6-7-16(21-2)15(19)9-14/h5-11H,4,12H2,1-3H3/b20-11-. The SMILES string of the molecule is CCOc1ccc(/C=N\OCc2ccc(OC)c(Br)c2)cc1OC. The lowest BCUT2D eigenvalue weighted by Crippen LogP contribution is -1.96. The van der Waals surface area contributed by atoms with Crippen molar-refractivity contribution in [3.05, 3.63) is 52.0 Å². The normalized spacial score (nSPS) is 10.7. The zero-order chi connectivity index (χ0) is 17.4. The Morgan fingerprint density at radius 2 is 1.75 bits per heavy atom. The second-order valence-corrected chi connectivity index (χ2v) is 5.67. The van der Waals surface area contributed by atoms with Crippen LogP contribution < -0.4 is 14.2 Å². The van der Waals surface area contributed by atoms with Crippen molar-refractivity contribution in [3.63, 3.8) is 0 Å². The van der Waals surface area contributed by atoms with Gasteiger partial charge in [-0.05, 0) is 58.7 Å². The van der Waals surface area contributed by atoms with Crippen molar-refractivity contribution in [1.82, 2.24) is 0 Å².